The predicted molar refractivity (Wildman–Crippen MR) is 345 cm³/mol. The maximum Gasteiger partial charge on any atom is 0.126 e. The molecular formula is C73H84O4S4. The Kier molecular flexibility index (Phi) is 14.5. The van der Waals surface area contributed by atoms with Crippen molar-refractivity contribution in [3.63, 3.8) is 0 Å². The third-order valence-electron chi connectivity index (χ3n) is 18.7. The molecule has 8 heteroatoms. The van der Waals surface area contributed by atoms with Gasteiger partial charge in [0, 0.05) is 56.0 Å². The molecule has 0 radical (unpaired) electrons. The standard InChI is InChI=1S/C73H84O4S4/c1-68(2,3)52-36-44-32-48-40-54(70(7,8)9)42-50-34-46-38-53(69(4,5)6)39-47(61(46)75-14)35-51-43-55(71(10,11)12)41-49(33-45(37-52)60(44)74-13)63(51)77-27-17-25-73(58-20-30-80-66(58)67-59(73)21-31-81-67)23-15-22-72(24-16-26-76-62(48)50)56-18-28-78-64(56)65-57(72)19-29-79-65/h18-21,28-31,36-43H,15-17,22-27,32-35H2,1-14H3. The first kappa shape index (κ1) is 56.4. The number of ether oxygens (including phenoxy) is 4. The van der Waals surface area contributed by atoms with E-state index in [1.54, 1.807) is 0 Å². The van der Waals surface area contributed by atoms with Crippen molar-refractivity contribution in [1.82, 2.24) is 0 Å². The quantitative estimate of drug-likeness (QED) is 0.173. The van der Waals surface area contributed by atoms with Gasteiger partial charge in [-0.15, -0.1) is 45.3 Å². The fourth-order valence-electron chi connectivity index (χ4n) is 14.4. The van der Waals surface area contributed by atoms with Crippen LogP contribution in [-0.2, 0) is 58.2 Å². The van der Waals surface area contributed by atoms with E-state index in [4.69, 9.17) is 18.9 Å². The third-order valence-corrected chi connectivity index (χ3v) is 22.7. The van der Waals surface area contributed by atoms with E-state index in [-0.39, 0.29) is 32.5 Å². The molecule has 5 aliphatic rings. The van der Waals surface area contributed by atoms with E-state index >= 15 is 0 Å². The summed E-state index contributed by atoms with van der Waals surface area (Å²) < 4.78 is 28.8. The maximum absolute atomic E-state index is 7.62. The molecule has 10 bridgehead atoms. The van der Waals surface area contributed by atoms with E-state index in [1.165, 1.54) is 109 Å². The molecule has 3 aliphatic carbocycles. The monoisotopic (exact) mass is 1150 g/mol. The zero-order valence-corrected chi connectivity index (χ0v) is 54.0. The zero-order valence-electron chi connectivity index (χ0n) is 50.7. The number of methoxy groups -OCH3 is 2. The van der Waals surface area contributed by atoms with Crippen LogP contribution in [0, 0.1) is 0 Å². The molecule has 6 heterocycles. The van der Waals surface area contributed by atoms with Gasteiger partial charge in [0.15, 0.2) is 0 Å². The summed E-state index contributed by atoms with van der Waals surface area (Å²) in [6, 6.07) is 29.5. The highest BCUT2D eigenvalue weighted by molar-refractivity contribution is 7.21. The molecule has 2 aliphatic heterocycles. The van der Waals surface area contributed by atoms with Crippen LogP contribution in [0.1, 0.15) is 217 Å². The fourth-order valence-corrected chi connectivity index (χ4v) is 18.7. The summed E-state index contributed by atoms with van der Waals surface area (Å²) in [5.41, 5.74) is 20.2. The Morgan fingerprint density at radius 3 is 0.852 bits per heavy atom. The van der Waals surface area contributed by atoms with Gasteiger partial charge in [-0.05, 0) is 195 Å². The third kappa shape index (κ3) is 10.1. The van der Waals surface area contributed by atoms with Crippen LogP contribution in [-0.4, -0.2) is 27.4 Å². The molecule has 4 aromatic carbocycles. The highest BCUT2D eigenvalue weighted by atomic mass is 32.1. The van der Waals surface area contributed by atoms with Crippen molar-refractivity contribution < 1.29 is 18.9 Å². The Bertz CT molecular complexity index is 3260. The summed E-state index contributed by atoms with van der Waals surface area (Å²) in [5.74, 6) is 3.89. The van der Waals surface area contributed by atoms with Crippen LogP contribution >= 0.6 is 45.3 Å². The molecule has 0 unspecified atom stereocenters. The van der Waals surface area contributed by atoms with Crippen LogP contribution in [0.25, 0.3) is 19.5 Å². The molecule has 13 rings (SSSR count). The molecule has 0 amide bonds. The lowest BCUT2D eigenvalue weighted by atomic mass is 9.68. The summed E-state index contributed by atoms with van der Waals surface area (Å²) >= 11 is 7.72. The van der Waals surface area contributed by atoms with Gasteiger partial charge in [0.2, 0.25) is 0 Å². The van der Waals surface area contributed by atoms with Crippen molar-refractivity contribution in [2.24, 2.45) is 0 Å². The second-order valence-corrected chi connectivity index (χ2v) is 31.8. The van der Waals surface area contributed by atoms with Crippen molar-refractivity contribution in [1.29, 1.82) is 0 Å². The lowest BCUT2D eigenvalue weighted by Gasteiger charge is -2.35. The first-order chi connectivity index (χ1) is 38.5. The molecule has 8 aromatic rings. The van der Waals surface area contributed by atoms with Gasteiger partial charge in [-0.25, -0.2) is 0 Å². The van der Waals surface area contributed by atoms with Crippen LogP contribution in [0.5, 0.6) is 23.0 Å². The Morgan fingerprint density at radius 2 is 0.605 bits per heavy atom. The van der Waals surface area contributed by atoms with E-state index in [9.17, 15) is 0 Å². The molecule has 0 saturated heterocycles. The van der Waals surface area contributed by atoms with Crippen LogP contribution in [0.3, 0.4) is 0 Å². The molecule has 0 saturated carbocycles. The van der Waals surface area contributed by atoms with Gasteiger partial charge in [-0.2, -0.15) is 0 Å². The molecule has 0 atom stereocenters. The average Bonchev–Trinajstić information content (AvgIpc) is 4.48. The minimum atomic E-state index is -0.126. The van der Waals surface area contributed by atoms with Gasteiger partial charge in [-0.3, -0.25) is 0 Å². The van der Waals surface area contributed by atoms with Gasteiger partial charge < -0.3 is 18.9 Å². The Balaban J connectivity index is 1.12. The Hall–Kier alpha value is -5.12. The molecule has 0 fully saturated rings. The molecule has 0 N–H and O–H groups in total. The number of benzene rings is 4. The second kappa shape index (κ2) is 20.9. The molecule has 4 aromatic heterocycles. The number of thiophene rings is 4. The topological polar surface area (TPSA) is 36.9 Å². The highest BCUT2D eigenvalue weighted by Gasteiger charge is 2.48. The van der Waals surface area contributed by atoms with Gasteiger partial charge in [0.1, 0.15) is 23.0 Å². The van der Waals surface area contributed by atoms with Crippen LogP contribution in [0.4, 0.5) is 0 Å². The van der Waals surface area contributed by atoms with Crippen molar-refractivity contribution in [3.8, 4) is 42.5 Å². The van der Waals surface area contributed by atoms with Gasteiger partial charge in [0.05, 0.1) is 27.4 Å². The largest absolute Gasteiger partial charge is 0.496 e. The number of rotatable bonds is 2. The van der Waals surface area contributed by atoms with Crippen molar-refractivity contribution in [2.75, 3.05) is 27.4 Å². The van der Waals surface area contributed by atoms with Crippen molar-refractivity contribution in [2.45, 2.75) is 186 Å². The average molecular weight is 1150 g/mol. The lowest BCUT2D eigenvalue weighted by Crippen LogP contribution is -2.29. The lowest BCUT2D eigenvalue weighted by molar-refractivity contribution is 0.270. The van der Waals surface area contributed by atoms with Crippen molar-refractivity contribution >= 4 is 45.3 Å². The fraction of sp³-hybridized carbons (Fsp3) is 0.452. The minimum Gasteiger partial charge on any atom is -0.496 e. The van der Waals surface area contributed by atoms with E-state index < -0.39 is 0 Å². The summed E-state index contributed by atoms with van der Waals surface area (Å²) in [7, 11) is 3.76. The summed E-state index contributed by atoms with van der Waals surface area (Å²) in [4.78, 5) is 5.91. The molecule has 81 heavy (non-hydrogen) atoms. The first-order valence-corrected chi connectivity index (χ1v) is 33.3. The summed E-state index contributed by atoms with van der Waals surface area (Å²) in [6.45, 7) is 29.4. The van der Waals surface area contributed by atoms with Gasteiger partial charge in [0.25, 0.3) is 0 Å². The number of hydrogen-bond donors (Lipinski definition) is 0. The molecular weight excluding hydrogens is 1070 g/mol. The van der Waals surface area contributed by atoms with E-state index in [0.717, 1.165) is 67.9 Å². The number of fused-ring (bicyclic) bond motifs is 14. The molecule has 4 nitrogen and oxygen atoms in total. The van der Waals surface area contributed by atoms with E-state index in [2.05, 4.69) is 177 Å². The normalized spacial score (nSPS) is 17.0. The Morgan fingerprint density at radius 1 is 0.358 bits per heavy atom. The SMILES string of the molecule is COc1c2cc(C(C)(C)C)cc1Cc1cc(C(C)(C)C)cc3c1OCCCC1(CCCC4(CCCOc5c(cc(C(C)(C)C)cc5Cc5cc(C(C)(C)C)cc(c5OC)C3)C2)c2ccsc2-c2sccc24)c2ccsc2-c2sccc21. The predicted octanol–water partition coefficient (Wildman–Crippen LogP) is 20.3. The zero-order chi connectivity index (χ0) is 57.0. The minimum absolute atomic E-state index is 0.0953. The maximum atomic E-state index is 7.62. The summed E-state index contributed by atoms with van der Waals surface area (Å²) in [5, 5.41) is 9.39. The van der Waals surface area contributed by atoms with Crippen molar-refractivity contribution in [3.05, 3.63) is 183 Å². The highest BCUT2D eigenvalue weighted by Crippen LogP contribution is 2.61. The van der Waals surface area contributed by atoms with Crippen LogP contribution in [0.2, 0.25) is 0 Å². The molecule has 2 spiro atoms. The van der Waals surface area contributed by atoms with Crippen LogP contribution < -0.4 is 18.9 Å². The van der Waals surface area contributed by atoms with Gasteiger partial charge in [-0.1, -0.05) is 138 Å². The smallest absolute Gasteiger partial charge is 0.126 e. The van der Waals surface area contributed by atoms with Gasteiger partial charge >= 0.3 is 0 Å². The van der Waals surface area contributed by atoms with E-state index in [0.29, 0.717) is 38.9 Å². The summed E-state index contributed by atoms with van der Waals surface area (Å²) in [6.07, 6.45) is 9.84. The second-order valence-electron chi connectivity index (χ2n) is 28.2. The Labute approximate surface area is 500 Å². The molecule has 424 valence electrons. The van der Waals surface area contributed by atoms with Crippen LogP contribution in [0.15, 0.2) is 94.3 Å². The van der Waals surface area contributed by atoms with E-state index in [1.807, 2.05) is 59.6 Å². The first-order valence-electron chi connectivity index (χ1n) is 29.8. The number of hydrogen-bond acceptors (Lipinski definition) is 8.